The summed E-state index contributed by atoms with van der Waals surface area (Å²) >= 11 is 14.2. The van der Waals surface area contributed by atoms with Crippen LogP contribution in [-0.4, -0.2) is 0 Å². The second-order valence-electron chi connectivity index (χ2n) is 1.22. The summed E-state index contributed by atoms with van der Waals surface area (Å²) in [5, 5.41) is 0. The Balaban J connectivity index is -0.00000000740. The molecule has 0 aromatic rings. The molecule has 0 saturated heterocycles. The van der Waals surface area contributed by atoms with Gasteiger partial charge in [-0.1, -0.05) is 4.30 Å². The summed E-state index contributed by atoms with van der Waals surface area (Å²) < 4.78 is -0.167. The summed E-state index contributed by atoms with van der Waals surface area (Å²) in [6.07, 6.45) is 10.0. The van der Waals surface area contributed by atoms with Crippen molar-refractivity contribution >= 4 is 59.6 Å². The largest absolute Gasteiger partial charge is 0.358 e. The first kappa shape index (κ1) is 62.4. The van der Waals surface area contributed by atoms with Gasteiger partial charge >= 0.3 is 0 Å². The van der Waals surface area contributed by atoms with Gasteiger partial charge in [-0.15, -0.1) is 31.2 Å². The fourth-order valence-electron chi connectivity index (χ4n) is 0.340. The Kier molecular flexibility index (Phi) is 193. The molecule has 1 rings (SSSR count). The van der Waals surface area contributed by atoms with E-state index in [1.165, 1.54) is 0 Å². The van der Waals surface area contributed by atoms with Gasteiger partial charge in [-0.2, -0.15) is 6.08 Å². The van der Waals surface area contributed by atoms with E-state index in [9.17, 15) is 0 Å². The summed E-state index contributed by atoms with van der Waals surface area (Å²) in [6.45, 7) is 0. The summed E-state index contributed by atoms with van der Waals surface area (Å²) in [4.78, 5) is 0. The van der Waals surface area contributed by atoms with Crippen LogP contribution in [0.15, 0.2) is 18.2 Å². The van der Waals surface area contributed by atoms with Crippen LogP contribution in [0.1, 0.15) is 6.42 Å². The van der Waals surface area contributed by atoms with E-state index in [-0.39, 0.29) is 88.0 Å². The number of allylic oxidation sites excluding steroid dienone is 4. The van der Waals surface area contributed by atoms with Gasteiger partial charge in [-0.25, -0.2) is 12.2 Å². The molecule has 6 heteroatoms. The first-order chi connectivity index (χ1) is 4.23. The van der Waals surface area contributed by atoms with Crippen molar-refractivity contribution in [3.63, 3.8) is 0 Å². The Bertz CT molecular complexity index is 104. The Morgan fingerprint density at radius 2 is 1.18 bits per heavy atom. The molecule has 0 N–H and O–H groups in total. The molecule has 0 heterocycles. The normalized spacial score (nSPS) is 7.29. The Morgan fingerprint density at radius 3 is 1.24 bits per heavy atom. The number of hydrogen-bond donors (Lipinski definition) is 0. The van der Waals surface area contributed by atoms with Crippen LogP contribution in [0.3, 0.4) is 0 Å². The van der Waals surface area contributed by atoms with Gasteiger partial charge in [0.15, 0.2) is 0 Å². The van der Waals surface area contributed by atoms with Crippen molar-refractivity contribution < 1.29 is 21.7 Å². The van der Waals surface area contributed by atoms with E-state index in [1.807, 2.05) is 12.2 Å². The van der Waals surface area contributed by atoms with Crippen molar-refractivity contribution in [1.82, 2.24) is 0 Å². The molecular weight excluding hydrogens is 357 g/mol. The van der Waals surface area contributed by atoms with Gasteiger partial charge in [0, 0.05) is 21.7 Å². The molecule has 0 spiro atoms. The standard InChI is InChI=1S/C5H5.CCl3.5CH3.2ClH.Ti/c1-2-4-5-3-1;2-1(3)4;;;;;;;;/h1-3H,4H2;;5*1H3;2*1H;/q7*-1;;;. The molecule has 112 valence electrons. The maximum Gasteiger partial charge on any atom is 0 e. The third-order valence-corrected chi connectivity index (χ3v) is 0.586. The third kappa shape index (κ3) is 97.8. The molecule has 0 unspecified atom stereocenters. The van der Waals surface area contributed by atoms with Crippen LogP contribution in [0.25, 0.3) is 0 Å². The summed E-state index contributed by atoms with van der Waals surface area (Å²) in [7, 11) is 0. The molecule has 1 aliphatic rings. The maximum atomic E-state index is 4.72. The van der Waals surface area contributed by atoms with Crippen molar-refractivity contribution in [2.24, 2.45) is 0 Å². The van der Waals surface area contributed by atoms with Crippen LogP contribution in [0, 0.1) is 47.5 Å². The predicted molar refractivity (Wildman–Crippen MR) is 88.9 cm³/mol. The SMILES string of the molecule is Cl.Cl.Cl[C-](Cl)Cl.[C-]1=CC=CC1.[CH3-].[CH3-].[CH3-].[CH3-].[CH3-].[Ti]. The van der Waals surface area contributed by atoms with E-state index < -0.39 is 0 Å². The van der Waals surface area contributed by atoms with Crippen LogP contribution in [0.5, 0.6) is 0 Å². The minimum Gasteiger partial charge on any atom is -0.358 e. The summed E-state index contributed by atoms with van der Waals surface area (Å²) in [5.74, 6) is 0. The monoisotopic (exact) mass is 377 g/mol. The predicted octanol–water partition coefficient (Wildman–Crippen LogP) is 6.55. The average molecular weight is 379 g/mol. The van der Waals surface area contributed by atoms with E-state index in [2.05, 4.69) is 12.2 Å². The summed E-state index contributed by atoms with van der Waals surface area (Å²) in [5.41, 5.74) is 0. The second-order valence-corrected chi connectivity index (χ2v) is 2.93. The molecule has 0 aromatic carbocycles. The van der Waals surface area contributed by atoms with Gasteiger partial charge < -0.3 is 71.9 Å². The van der Waals surface area contributed by atoms with E-state index in [0.717, 1.165) is 6.42 Å². The van der Waals surface area contributed by atoms with Crippen LogP contribution in [-0.2, 0) is 21.7 Å². The molecule has 0 aliphatic heterocycles. The molecule has 0 saturated carbocycles. The molecule has 1 aliphatic carbocycles. The van der Waals surface area contributed by atoms with Crippen LogP contribution >= 0.6 is 59.6 Å². The smallest absolute Gasteiger partial charge is 0 e. The van der Waals surface area contributed by atoms with Gasteiger partial charge in [0.05, 0.1) is 0 Å². The molecular formula is C11H22Cl5Ti-7. The third-order valence-electron chi connectivity index (χ3n) is 0.586. The van der Waals surface area contributed by atoms with Crippen molar-refractivity contribution in [3.8, 4) is 0 Å². The van der Waals surface area contributed by atoms with Gasteiger partial charge in [-0.3, -0.25) is 6.08 Å². The summed E-state index contributed by atoms with van der Waals surface area (Å²) in [6, 6.07) is 0. The zero-order chi connectivity index (χ0) is 7.11. The van der Waals surface area contributed by atoms with E-state index in [4.69, 9.17) is 34.8 Å². The van der Waals surface area contributed by atoms with Crippen molar-refractivity contribution in [1.29, 1.82) is 0 Å². The fraction of sp³-hybridized carbons (Fsp3) is 0.0909. The molecule has 0 radical (unpaired) electrons. The van der Waals surface area contributed by atoms with Crippen LogP contribution in [0.2, 0.25) is 0 Å². The van der Waals surface area contributed by atoms with Crippen LogP contribution < -0.4 is 0 Å². The van der Waals surface area contributed by atoms with Gasteiger partial charge in [0.25, 0.3) is 0 Å². The molecule has 0 amide bonds. The Morgan fingerprint density at radius 1 is 0.882 bits per heavy atom. The molecule has 0 nitrogen and oxygen atoms in total. The number of rotatable bonds is 0. The van der Waals surface area contributed by atoms with E-state index in [0.29, 0.717) is 0 Å². The van der Waals surface area contributed by atoms with Gasteiger partial charge in [0.1, 0.15) is 0 Å². The van der Waals surface area contributed by atoms with Crippen molar-refractivity contribution in [2.45, 2.75) is 6.42 Å². The molecule has 0 bridgehead atoms. The van der Waals surface area contributed by atoms with Crippen LogP contribution in [0.4, 0.5) is 0 Å². The van der Waals surface area contributed by atoms with Gasteiger partial charge in [0.2, 0.25) is 0 Å². The van der Waals surface area contributed by atoms with E-state index in [1.54, 1.807) is 0 Å². The quantitative estimate of drug-likeness (QED) is 0.331. The minimum atomic E-state index is -0.167. The minimum absolute atomic E-state index is 0. The number of hydrogen-bond acceptors (Lipinski definition) is 0. The average Bonchev–Trinajstić information content (AvgIpc) is 2.11. The molecule has 0 fully saturated rings. The Hall–Kier alpha value is 1.64. The topological polar surface area (TPSA) is 0 Å². The molecule has 0 atom stereocenters. The zero-order valence-corrected chi connectivity index (χ0v) is 16.4. The second kappa shape index (κ2) is 52.6. The van der Waals surface area contributed by atoms with Gasteiger partial charge in [-0.05, 0) is 0 Å². The van der Waals surface area contributed by atoms with Crippen molar-refractivity contribution in [3.05, 3.63) is 65.7 Å². The first-order valence-electron chi connectivity index (χ1n) is 2.28. The fourth-order valence-corrected chi connectivity index (χ4v) is 0.340. The first-order valence-corrected chi connectivity index (χ1v) is 3.42. The van der Waals surface area contributed by atoms with Crippen molar-refractivity contribution in [2.75, 3.05) is 0 Å². The maximum absolute atomic E-state index is 4.72. The van der Waals surface area contributed by atoms with E-state index >= 15 is 0 Å². The molecule has 0 aromatic heterocycles. The number of halogens is 5. The molecule has 17 heavy (non-hydrogen) atoms. The zero-order valence-electron chi connectivity index (χ0n) is 10.9. The Labute approximate surface area is 152 Å².